The van der Waals surface area contributed by atoms with E-state index in [4.69, 9.17) is 5.21 Å². The number of benzene rings is 1. The average Bonchev–Trinajstić information content (AvgIpc) is 3.21. The van der Waals surface area contributed by atoms with E-state index in [1.54, 1.807) is 0 Å². The van der Waals surface area contributed by atoms with Gasteiger partial charge in [-0.1, -0.05) is 23.4 Å². The van der Waals surface area contributed by atoms with Crippen LogP contribution in [0.2, 0.25) is 0 Å². The fourth-order valence-electron chi connectivity index (χ4n) is 2.47. The Balaban J connectivity index is 1.90. The first-order valence-corrected chi connectivity index (χ1v) is 6.40. The van der Waals surface area contributed by atoms with Crippen LogP contribution in [0.5, 0.6) is 0 Å². The second-order valence-corrected chi connectivity index (χ2v) is 5.01. The molecule has 0 spiro atoms. The molecule has 1 N–H and O–H groups in total. The van der Waals surface area contributed by atoms with Gasteiger partial charge in [-0.25, -0.2) is 0 Å². The van der Waals surface area contributed by atoms with E-state index >= 15 is 0 Å². The highest BCUT2D eigenvalue weighted by atomic mass is 16.4. The van der Waals surface area contributed by atoms with Crippen molar-refractivity contribution in [1.29, 1.82) is 0 Å². The standard InChI is InChI=1S/C14H16N2O2/c17-14(9-10-5-6-10)16-8-7-12(15-18)11-3-1-2-4-13(11)16/h1-4,10,18H,5-9H2. The molecule has 1 aromatic carbocycles. The van der Waals surface area contributed by atoms with Crippen molar-refractivity contribution in [3.8, 4) is 0 Å². The molecule has 0 bridgehead atoms. The third kappa shape index (κ3) is 1.98. The van der Waals surface area contributed by atoms with Gasteiger partial charge >= 0.3 is 0 Å². The van der Waals surface area contributed by atoms with Crippen molar-refractivity contribution in [2.24, 2.45) is 11.1 Å². The Bertz CT molecular complexity index is 506. The van der Waals surface area contributed by atoms with Gasteiger partial charge in [0.15, 0.2) is 0 Å². The largest absolute Gasteiger partial charge is 0.411 e. The fraction of sp³-hybridized carbons (Fsp3) is 0.429. The number of hydrogen-bond donors (Lipinski definition) is 1. The first kappa shape index (κ1) is 11.3. The topological polar surface area (TPSA) is 52.9 Å². The van der Waals surface area contributed by atoms with Gasteiger partial charge in [0.05, 0.1) is 11.4 Å². The Morgan fingerprint density at radius 3 is 2.89 bits per heavy atom. The van der Waals surface area contributed by atoms with Crippen LogP contribution in [0.1, 0.15) is 31.2 Å². The number of fused-ring (bicyclic) bond motifs is 1. The molecule has 1 saturated carbocycles. The molecular weight excluding hydrogens is 228 g/mol. The van der Waals surface area contributed by atoms with Gasteiger partial charge in [0.2, 0.25) is 5.91 Å². The van der Waals surface area contributed by atoms with Crippen LogP contribution in [-0.2, 0) is 4.79 Å². The van der Waals surface area contributed by atoms with E-state index in [9.17, 15) is 4.79 Å². The van der Waals surface area contributed by atoms with Crippen LogP contribution >= 0.6 is 0 Å². The minimum atomic E-state index is 0.196. The zero-order valence-electron chi connectivity index (χ0n) is 10.2. The highest BCUT2D eigenvalue weighted by molar-refractivity contribution is 6.11. The molecule has 2 aliphatic rings. The Labute approximate surface area is 106 Å². The molecule has 0 atom stereocenters. The van der Waals surface area contributed by atoms with E-state index in [1.165, 1.54) is 12.8 Å². The molecule has 4 heteroatoms. The zero-order chi connectivity index (χ0) is 12.5. The number of rotatable bonds is 2. The van der Waals surface area contributed by atoms with E-state index in [0.717, 1.165) is 11.3 Å². The lowest BCUT2D eigenvalue weighted by atomic mass is 9.99. The third-order valence-corrected chi connectivity index (χ3v) is 3.66. The maximum absolute atomic E-state index is 12.2. The van der Waals surface area contributed by atoms with Gasteiger partial charge in [-0.3, -0.25) is 4.79 Å². The van der Waals surface area contributed by atoms with Gasteiger partial charge < -0.3 is 10.1 Å². The number of amides is 1. The van der Waals surface area contributed by atoms with Gasteiger partial charge in [0, 0.05) is 24.9 Å². The van der Waals surface area contributed by atoms with Crippen LogP contribution in [0.25, 0.3) is 0 Å². The minimum absolute atomic E-state index is 0.196. The first-order chi connectivity index (χ1) is 8.79. The third-order valence-electron chi connectivity index (χ3n) is 3.66. The summed E-state index contributed by atoms with van der Waals surface area (Å²) in [6.45, 7) is 0.613. The van der Waals surface area contributed by atoms with E-state index in [1.807, 2.05) is 29.2 Å². The fourth-order valence-corrected chi connectivity index (χ4v) is 2.47. The molecule has 1 aliphatic heterocycles. The Morgan fingerprint density at radius 2 is 2.17 bits per heavy atom. The van der Waals surface area contributed by atoms with Gasteiger partial charge in [-0.05, 0) is 24.8 Å². The summed E-state index contributed by atoms with van der Waals surface area (Å²) < 4.78 is 0. The number of carbonyl (C=O) groups excluding carboxylic acids is 1. The maximum Gasteiger partial charge on any atom is 0.227 e. The van der Waals surface area contributed by atoms with E-state index in [2.05, 4.69) is 5.16 Å². The molecule has 0 saturated heterocycles. The first-order valence-electron chi connectivity index (χ1n) is 6.40. The number of para-hydroxylation sites is 1. The van der Waals surface area contributed by atoms with Crippen LogP contribution in [-0.4, -0.2) is 23.4 Å². The number of oxime groups is 1. The molecule has 0 aromatic heterocycles. The van der Waals surface area contributed by atoms with Crippen molar-refractivity contribution in [3.05, 3.63) is 29.8 Å². The molecule has 3 rings (SSSR count). The molecule has 94 valence electrons. The summed E-state index contributed by atoms with van der Waals surface area (Å²) in [4.78, 5) is 14.1. The van der Waals surface area contributed by atoms with Crippen LogP contribution in [0, 0.1) is 5.92 Å². The average molecular weight is 244 g/mol. The van der Waals surface area contributed by atoms with Gasteiger partial charge in [0.25, 0.3) is 0 Å². The van der Waals surface area contributed by atoms with Crippen molar-refractivity contribution in [3.63, 3.8) is 0 Å². The van der Waals surface area contributed by atoms with Crippen molar-refractivity contribution >= 4 is 17.3 Å². The molecule has 0 radical (unpaired) electrons. The number of hydrogen-bond acceptors (Lipinski definition) is 3. The number of anilines is 1. The lowest BCUT2D eigenvalue weighted by Gasteiger charge is -2.29. The summed E-state index contributed by atoms with van der Waals surface area (Å²) in [6.07, 6.45) is 3.64. The minimum Gasteiger partial charge on any atom is -0.411 e. The summed E-state index contributed by atoms with van der Waals surface area (Å²) in [5.41, 5.74) is 2.42. The summed E-state index contributed by atoms with van der Waals surface area (Å²) >= 11 is 0. The van der Waals surface area contributed by atoms with Crippen molar-refractivity contribution < 1.29 is 10.0 Å². The van der Waals surface area contributed by atoms with E-state index in [0.29, 0.717) is 31.0 Å². The molecule has 1 heterocycles. The maximum atomic E-state index is 12.2. The molecule has 1 aromatic rings. The SMILES string of the molecule is O=C(CC1CC1)N1CCC(=NO)c2ccccc21. The van der Waals surface area contributed by atoms with Gasteiger partial charge in [-0.2, -0.15) is 0 Å². The van der Waals surface area contributed by atoms with Crippen LogP contribution < -0.4 is 4.90 Å². The zero-order valence-corrected chi connectivity index (χ0v) is 10.2. The second-order valence-electron chi connectivity index (χ2n) is 5.01. The Kier molecular flexibility index (Phi) is 2.78. The van der Waals surface area contributed by atoms with Crippen molar-refractivity contribution in [2.45, 2.75) is 25.7 Å². The van der Waals surface area contributed by atoms with E-state index < -0.39 is 0 Å². The second kappa shape index (κ2) is 4.44. The molecular formula is C14H16N2O2. The summed E-state index contributed by atoms with van der Waals surface area (Å²) in [5.74, 6) is 0.791. The predicted molar refractivity (Wildman–Crippen MR) is 69.1 cm³/mol. The van der Waals surface area contributed by atoms with E-state index in [-0.39, 0.29) is 5.91 Å². The highest BCUT2D eigenvalue weighted by Crippen LogP contribution is 2.35. The molecule has 1 aliphatic carbocycles. The lowest BCUT2D eigenvalue weighted by Crippen LogP contribution is -2.37. The normalized spacial score (nSPS) is 20.9. The lowest BCUT2D eigenvalue weighted by molar-refractivity contribution is -0.118. The van der Waals surface area contributed by atoms with Crippen molar-refractivity contribution in [2.75, 3.05) is 11.4 Å². The monoisotopic (exact) mass is 244 g/mol. The summed E-state index contributed by atoms with van der Waals surface area (Å²) in [6, 6.07) is 7.64. The predicted octanol–water partition coefficient (Wildman–Crippen LogP) is 2.40. The van der Waals surface area contributed by atoms with Crippen molar-refractivity contribution in [1.82, 2.24) is 0 Å². The summed E-state index contributed by atoms with van der Waals surface area (Å²) in [5, 5.41) is 12.3. The molecule has 0 unspecified atom stereocenters. The van der Waals surface area contributed by atoms with Gasteiger partial charge in [0.1, 0.15) is 0 Å². The van der Waals surface area contributed by atoms with Crippen LogP contribution in [0.15, 0.2) is 29.4 Å². The number of nitrogens with zero attached hydrogens (tertiary/aromatic N) is 2. The van der Waals surface area contributed by atoms with Crippen LogP contribution in [0.3, 0.4) is 0 Å². The Hall–Kier alpha value is -1.84. The molecule has 18 heavy (non-hydrogen) atoms. The summed E-state index contributed by atoms with van der Waals surface area (Å²) in [7, 11) is 0. The smallest absolute Gasteiger partial charge is 0.227 e. The van der Waals surface area contributed by atoms with Crippen LogP contribution in [0.4, 0.5) is 5.69 Å². The molecule has 1 fully saturated rings. The van der Waals surface area contributed by atoms with Gasteiger partial charge in [-0.15, -0.1) is 0 Å². The Morgan fingerprint density at radius 1 is 1.39 bits per heavy atom. The number of carbonyl (C=O) groups is 1. The highest BCUT2D eigenvalue weighted by Gasteiger charge is 2.30. The molecule has 4 nitrogen and oxygen atoms in total. The molecule has 1 amide bonds. The quantitative estimate of drug-likeness (QED) is 0.641.